The van der Waals surface area contributed by atoms with Crippen LogP contribution in [0.25, 0.3) is 10.1 Å². The van der Waals surface area contributed by atoms with Gasteiger partial charge in [0.15, 0.2) is 0 Å². The van der Waals surface area contributed by atoms with E-state index in [2.05, 4.69) is 0 Å². The standard InChI is InChI=1S/C18H21FN2O3S/c1-3-24-18(23)17-13(16-14(19)5-4-6-15(16)25-17)11-20-7-9-21(10-8-20)12(2)22/h4-6H,3,7-11H2,1-2H3/p+1. The lowest BCUT2D eigenvalue weighted by Gasteiger charge is -2.31. The normalized spacial score (nSPS) is 15.6. The van der Waals surface area contributed by atoms with Gasteiger partial charge >= 0.3 is 5.97 Å². The van der Waals surface area contributed by atoms with Gasteiger partial charge in [0.1, 0.15) is 17.2 Å². The van der Waals surface area contributed by atoms with Crippen molar-refractivity contribution >= 4 is 33.3 Å². The van der Waals surface area contributed by atoms with Crippen LogP contribution in [0.5, 0.6) is 0 Å². The number of quaternary nitrogens is 1. The lowest BCUT2D eigenvalue weighted by molar-refractivity contribution is -0.917. The second-order valence-electron chi connectivity index (χ2n) is 6.18. The van der Waals surface area contributed by atoms with E-state index in [1.165, 1.54) is 22.3 Å². The summed E-state index contributed by atoms with van der Waals surface area (Å²) in [5.41, 5.74) is 0.725. The van der Waals surface area contributed by atoms with Gasteiger partial charge in [0.05, 0.1) is 32.8 Å². The van der Waals surface area contributed by atoms with Crippen LogP contribution < -0.4 is 4.90 Å². The highest BCUT2D eigenvalue weighted by molar-refractivity contribution is 7.21. The molecule has 3 rings (SSSR count). The van der Waals surface area contributed by atoms with Crippen molar-refractivity contribution in [1.29, 1.82) is 0 Å². The quantitative estimate of drug-likeness (QED) is 0.835. The SMILES string of the molecule is CCOC(=O)c1sc2cccc(F)c2c1C[NH+]1CCN(C(C)=O)CC1. The van der Waals surface area contributed by atoms with Crippen molar-refractivity contribution in [2.75, 3.05) is 32.8 Å². The molecule has 0 aliphatic carbocycles. The zero-order valence-corrected chi connectivity index (χ0v) is 15.2. The lowest BCUT2D eigenvalue weighted by Crippen LogP contribution is -3.13. The Balaban J connectivity index is 1.90. The third kappa shape index (κ3) is 3.67. The molecule has 134 valence electrons. The number of nitrogens with zero attached hydrogens (tertiary/aromatic N) is 1. The Kier molecular flexibility index (Phi) is 5.34. The number of fused-ring (bicyclic) bond motifs is 1. The zero-order chi connectivity index (χ0) is 18.0. The Bertz CT molecular complexity index is 797. The predicted molar refractivity (Wildman–Crippen MR) is 94.4 cm³/mol. The molecule has 1 amide bonds. The van der Waals surface area contributed by atoms with E-state index in [0.29, 0.717) is 36.5 Å². The maximum absolute atomic E-state index is 14.4. The van der Waals surface area contributed by atoms with Crippen molar-refractivity contribution < 1.29 is 23.6 Å². The molecule has 5 nitrogen and oxygen atoms in total. The van der Waals surface area contributed by atoms with Crippen molar-refractivity contribution in [1.82, 2.24) is 4.90 Å². The van der Waals surface area contributed by atoms with Crippen LogP contribution in [-0.4, -0.2) is 49.6 Å². The van der Waals surface area contributed by atoms with E-state index in [0.717, 1.165) is 23.4 Å². The van der Waals surface area contributed by atoms with Gasteiger partial charge in [-0.15, -0.1) is 11.3 Å². The molecule has 1 aromatic carbocycles. The number of carbonyl (C=O) groups is 2. The summed E-state index contributed by atoms with van der Waals surface area (Å²) in [6.07, 6.45) is 0. The van der Waals surface area contributed by atoms with E-state index in [4.69, 9.17) is 4.74 Å². The highest BCUT2D eigenvalue weighted by Gasteiger charge is 2.27. The summed E-state index contributed by atoms with van der Waals surface area (Å²) in [7, 11) is 0. The Morgan fingerprint density at radius 1 is 1.32 bits per heavy atom. The number of halogens is 1. The van der Waals surface area contributed by atoms with Gasteiger partial charge in [0, 0.05) is 22.6 Å². The summed E-state index contributed by atoms with van der Waals surface area (Å²) in [4.78, 5) is 27.4. The molecule has 1 N–H and O–H groups in total. The molecular weight excluding hydrogens is 343 g/mol. The molecule has 7 heteroatoms. The second-order valence-corrected chi connectivity index (χ2v) is 7.23. The van der Waals surface area contributed by atoms with Crippen LogP contribution in [-0.2, 0) is 16.1 Å². The van der Waals surface area contributed by atoms with Crippen LogP contribution in [0.3, 0.4) is 0 Å². The van der Waals surface area contributed by atoms with Gasteiger partial charge in [0.25, 0.3) is 0 Å². The predicted octanol–water partition coefficient (Wildman–Crippen LogP) is 1.46. The molecule has 2 heterocycles. The first-order chi connectivity index (χ1) is 12.0. The van der Waals surface area contributed by atoms with E-state index >= 15 is 0 Å². The summed E-state index contributed by atoms with van der Waals surface area (Å²) >= 11 is 1.29. The zero-order valence-electron chi connectivity index (χ0n) is 14.4. The van der Waals surface area contributed by atoms with Crippen LogP contribution in [0.2, 0.25) is 0 Å². The number of benzene rings is 1. The van der Waals surface area contributed by atoms with Crippen LogP contribution in [0.15, 0.2) is 18.2 Å². The number of thiophene rings is 1. The van der Waals surface area contributed by atoms with Gasteiger partial charge in [0.2, 0.25) is 5.91 Å². The Morgan fingerprint density at radius 2 is 2.04 bits per heavy atom. The molecule has 0 spiro atoms. The van der Waals surface area contributed by atoms with Gasteiger partial charge in [-0.3, -0.25) is 4.79 Å². The number of nitrogens with one attached hydrogen (secondary N) is 1. The number of esters is 1. The average molecular weight is 365 g/mol. The molecule has 1 aliphatic rings. The summed E-state index contributed by atoms with van der Waals surface area (Å²) in [6.45, 7) is 7.12. The van der Waals surface area contributed by atoms with E-state index < -0.39 is 0 Å². The fourth-order valence-electron chi connectivity index (χ4n) is 3.26. The summed E-state index contributed by atoms with van der Waals surface area (Å²) < 4.78 is 20.4. The van der Waals surface area contributed by atoms with E-state index in [1.807, 2.05) is 11.0 Å². The van der Waals surface area contributed by atoms with Crippen molar-refractivity contribution in [2.45, 2.75) is 20.4 Å². The van der Waals surface area contributed by atoms with Crippen LogP contribution in [0, 0.1) is 5.82 Å². The van der Waals surface area contributed by atoms with Gasteiger partial charge in [-0.2, -0.15) is 0 Å². The number of hydrogen-bond acceptors (Lipinski definition) is 4. The molecule has 0 saturated carbocycles. The number of rotatable bonds is 4. The van der Waals surface area contributed by atoms with Crippen LogP contribution in [0.1, 0.15) is 29.1 Å². The van der Waals surface area contributed by atoms with E-state index in [9.17, 15) is 14.0 Å². The maximum atomic E-state index is 14.4. The first kappa shape index (κ1) is 17.8. The van der Waals surface area contributed by atoms with Crippen LogP contribution in [0.4, 0.5) is 4.39 Å². The number of amides is 1. The lowest BCUT2D eigenvalue weighted by atomic mass is 10.1. The molecule has 1 saturated heterocycles. The minimum absolute atomic E-state index is 0.0818. The molecule has 0 bridgehead atoms. The maximum Gasteiger partial charge on any atom is 0.348 e. The number of hydrogen-bond donors (Lipinski definition) is 1. The molecule has 1 aromatic heterocycles. The molecule has 0 unspecified atom stereocenters. The smallest absolute Gasteiger partial charge is 0.348 e. The fourth-order valence-corrected chi connectivity index (χ4v) is 4.39. The summed E-state index contributed by atoms with van der Waals surface area (Å²) in [5, 5.41) is 0.525. The Morgan fingerprint density at radius 3 is 2.68 bits per heavy atom. The molecule has 0 atom stereocenters. The molecule has 2 aromatic rings. The fraction of sp³-hybridized carbons (Fsp3) is 0.444. The van der Waals surface area contributed by atoms with Crippen molar-refractivity contribution in [3.05, 3.63) is 34.5 Å². The number of ether oxygens (including phenoxy) is 1. The average Bonchev–Trinajstić information content (AvgIpc) is 2.95. The summed E-state index contributed by atoms with van der Waals surface area (Å²) in [5.74, 6) is -0.612. The highest BCUT2D eigenvalue weighted by Crippen LogP contribution is 2.33. The van der Waals surface area contributed by atoms with Gasteiger partial charge < -0.3 is 14.5 Å². The molecule has 25 heavy (non-hydrogen) atoms. The third-order valence-corrected chi connectivity index (χ3v) is 5.74. The largest absolute Gasteiger partial charge is 0.462 e. The minimum atomic E-state index is -0.389. The molecule has 1 aliphatic heterocycles. The highest BCUT2D eigenvalue weighted by atomic mass is 32.1. The first-order valence-corrected chi connectivity index (χ1v) is 9.29. The Hall–Kier alpha value is -1.99. The van der Waals surface area contributed by atoms with Gasteiger partial charge in [-0.25, -0.2) is 9.18 Å². The monoisotopic (exact) mass is 365 g/mol. The van der Waals surface area contributed by atoms with Crippen LogP contribution >= 0.6 is 11.3 Å². The van der Waals surface area contributed by atoms with Gasteiger partial charge in [-0.05, 0) is 19.1 Å². The van der Waals surface area contributed by atoms with Gasteiger partial charge in [-0.1, -0.05) is 6.07 Å². The molecule has 1 fully saturated rings. The van der Waals surface area contributed by atoms with Crippen molar-refractivity contribution in [2.24, 2.45) is 0 Å². The molecule has 0 radical (unpaired) electrons. The third-order valence-electron chi connectivity index (χ3n) is 4.57. The topological polar surface area (TPSA) is 51.1 Å². The minimum Gasteiger partial charge on any atom is -0.462 e. The first-order valence-electron chi connectivity index (χ1n) is 8.47. The van der Waals surface area contributed by atoms with Crippen molar-refractivity contribution in [3.8, 4) is 0 Å². The number of carbonyl (C=O) groups excluding carboxylic acids is 2. The second kappa shape index (κ2) is 7.49. The van der Waals surface area contributed by atoms with E-state index in [-0.39, 0.29) is 17.7 Å². The summed E-state index contributed by atoms with van der Waals surface area (Å²) in [6, 6.07) is 4.92. The van der Waals surface area contributed by atoms with Crippen molar-refractivity contribution in [3.63, 3.8) is 0 Å². The number of piperazine rings is 1. The molecular formula is C18H22FN2O3S+. The van der Waals surface area contributed by atoms with E-state index in [1.54, 1.807) is 19.9 Å². The Labute approximate surface area is 150 Å².